The van der Waals surface area contributed by atoms with Crippen molar-refractivity contribution in [3.63, 3.8) is 0 Å². The van der Waals surface area contributed by atoms with E-state index in [4.69, 9.17) is 23.8 Å². The van der Waals surface area contributed by atoms with Gasteiger partial charge in [-0.1, -0.05) is 127 Å². The van der Waals surface area contributed by atoms with Crippen LogP contribution in [0.2, 0.25) is 0 Å². The highest BCUT2D eigenvalue weighted by atomic mass is 16.3. The van der Waals surface area contributed by atoms with Crippen LogP contribution in [0.4, 0.5) is 0 Å². The Morgan fingerprint density at radius 1 is 0.296 bits per heavy atom. The molecule has 3 heterocycles. The number of hydrogen-bond donors (Lipinski definition) is 0. The molecule has 54 heavy (non-hydrogen) atoms. The summed E-state index contributed by atoms with van der Waals surface area (Å²) < 4.78 is 12.7. The summed E-state index contributed by atoms with van der Waals surface area (Å²) in [5.41, 5.74) is 10.3. The van der Waals surface area contributed by atoms with Crippen LogP contribution in [-0.4, -0.2) is 15.0 Å². The highest BCUT2D eigenvalue weighted by Crippen LogP contribution is 2.41. The zero-order valence-electron chi connectivity index (χ0n) is 28.9. The van der Waals surface area contributed by atoms with E-state index in [1.165, 1.54) is 10.8 Å². The fourth-order valence-electron chi connectivity index (χ4n) is 7.63. The van der Waals surface area contributed by atoms with Crippen molar-refractivity contribution < 1.29 is 8.83 Å². The summed E-state index contributed by atoms with van der Waals surface area (Å²) in [4.78, 5) is 15.6. The fourth-order valence-corrected chi connectivity index (χ4v) is 7.63. The van der Waals surface area contributed by atoms with Gasteiger partial charge in [0, 0.05) is 38.2 Å². The Labute approximate surface area is 309 Å². The lowest BCUT2D eigenvalue weighted by Crippen LogP contribution is -2.01. The van der Waals surface area contributed by atoms with Gasteiger partial charge in [0.15, 0.2) is 17.5 Å². The van der Waals surface area contributed by atoms with E-state index >= 15 is 0 Å². The van der Waals surface area contributed by atoms with Crippen LogP contribution >= 0.6 is 0 Å². The highest BCUT2D eigenvalue weighted by Gasteiger charge is 2.20. The number of rotatable bonds is 5. The number of fused-ring (bicyclic) bond motifs is 7. The van der Waals surface area contributed by atoms with Crippen molar-refractivity contribution in [1.29, 1.82) is 0 Å². The molecule has 0 fully saturated rings. The van der Waals surface area contributed by atoms with Crippen LogP contribution in [0, 0.1) is 0 Å². The molecule has 8 aromatic carbocycles. The second-order valence-corrected chi connectivity index (χ2v) is 13.6. The lowest BCUT2D eigenvalue weighted by Gasteiger charge is -2.12. The van der Waals surface area contributed by atoms with Gasteiger partial charge in [-0.15, -0.1) is 0 Å². The molecular weight excluding hydrogens is 663 g/mol. The number of para-hydroxylation sites is 2. The summed E-state index contributed by atoms with van der Waals surface area (Å²) >= 11 is 0. The average molecular weight is 692 g/mol. The number of nitrogens with zero attached hydrogens (tertiary/aromatic N) is 3. The molecule has 0 spiro atoms. The number of hydrogen-bond acceptors (Lipinski definition) is 5. The Morgan fingerprint density at radius 2 is 0.870 bits per heavy atom. The third-order valence-corrected chi connectivity index (χ3v) is 10.3. The minimum Gasteiger partial charge on any atom is -0.456 e. The third kappa shape index (κ3) is 5.06. The van der Waals surface area contributed by atoms with E-state index in [0.717, 1.165) is 82.8 Å². The molecule has 0 aliphatic rings. The van der Waals surface area contributed by atoms with Crippen LogP contribution in [0.1, 0.15) is 0 Å². The van der Waals surface area contributed by atoms with Gasteiger partial charge in [0.25, 0.3) is 0 Å². The van der Waals surface area contributed by atoms with Crippen molar-refractivity contribution in [2.24, 2.45) is 0 Å². The first-order chi connectivity index (χ1) is 26.7. The molecule has 0 N–H and O–H groups in total. The Bertz CT molecular complexity index is 3210. The van der Waals surface area contributed by atoms with Gasteiger partial charge < -0.3 is 8.83 Å². The lowest BCUT2D eigenvalue weighted by molar-refractivity contribution is 0.668. The zero-order chi connectivity index (χ0) is 35.6. The van der Waals surface area contributed by atoms with Crippen LogP contribution < -0.4 is 0 Å². The molecule has 0 amide bonds. The van der Waals surface area contributed by atoms with Crippen LogP contribution in [0.3, 0.4) is 0 Å². The summed E-state index contributed by atoms with van der Waals surface area (Å²) in [5.74, 6) is 1.73. The Kier molecular flexibility index (Phi) is 6.79. The molecule has 252 valence electrons. The summed E-state index contributed by atoms with van der Waals surface area (Å²) in [6.45, 7) is 0. The van der Waals surface area contributed by atoms with E-state index in [1.807, 2.05) is 54.6 Å². The topological polar surface area (TPSA) is 65.0 Å². The van der Waals surface area contributed by atoms with Gasteiger partial charge in [0.05, 0.1) is 0 Å². The Hall–Kier alpha value is -7.37. The zero-order valence-corrected chi connectivity index (χ0v) is 28.9. The number of furan rings is 2. The molecule has 0 aliphatic heterocycles. The van der Waals surface area contributed by atoms with Gasteiger partial charge in [-0.25, -0.2) is 15.0 Å². The highest BCUT2D eigenvalue weighted by molar-refractivity contribution is 6.13. The largest absolute Gasteiger partial charge is 0.456 e. The quantitative estimate of drug-likeness (QED) is 0.180. The molecule has 5 nitrogen and oxygen atoms in total. The minimum atomic E-state index is 0.568. The molecular formula is C49H29N3O2. The monoisotopic (exact) mass is 691 g/mol. The summed E-state index contributed by atoms with van der Waals surface area (Å²) in [6, 6.07) is 60.5. The van der Waals surface area contributed by atoms with Gasteiger partial charge in [0.2, 0.25) is 0 Å². The Morgan fingerprint density at radius 3 is 1.70 bits per heavy atom. The lowest BCUT2D eigenvalue weighted by atomic mass is 9.96. The van der Waals surface area contributed by atoms with E-state index in [1.54, 1.807) is 0 Å². The van der Waals surface area contributed by atoms with Crippen molar-refractivity contribution in [3.8, 4) is 56.4 Å². The van der Waals surface area contributed by atoms with Gasteiger partial charge in [-0.3, -0.25) is 0 Å². The maximum absolute atomic E-state index is 6.55. The molecule has 11 rings (SSSR count). The van der Waals surface area contributed by atoms with Crippen LogP contribution in [0.5, 0.6) is 0 Å². The average Bonchev–Trinajstić information content (AvgIpc) is 3.81. The molecule has 0 saturated heterocycles. The predicted molar refractivity (Wildman–Crippen MR) is 219 cm³/mol. The molecule has 11 aromatic rings. The predicted octanol–water partition coefficient (Wildman–Crippen LogP) is 13.2. The number of aromatic nitrogens is 3. The first-order valence-electron chi connectivity index (χ1n) is 18.0. The second-order valence-electron chi connectivity index (χ2n) is 13.6. The molecule has 0 saturated carbocycles. The van der Waals surface area contributed by atoms with E-state index in [9.17, 15) is 0 Å². The fraction of sp³-hybridized carbons (Fsp3) is 0. The standard InChI is InChI=1S/C49H29N3O2/c1-2-10-30(11-3-1)32-18-21-33(22-19-32)47-50-48(36-24-25-44-40(27-36)38-14-6-8-16-42(38)53-44)52-49(51-47)41-28-37(35-23-20-31-12-4-5-13-34(31)26-35)29-45-46(41)39-15-7-9-17-43(39)54-45/h1-29H. The SMILES string of the molecule is c1ccc(-c2ccc(-c3nc(-c4ccc5oc6ccccc6c5c4)nc(-c4cc(-c5ccc6ccccc6c5)cc5oc6ccccc6c45)n3)cc2)cc1. The van der Waals surface area contributed by atoms with E-state index < -0.39 is 0 Å². The smallest absolute Gasteiger partial charge is 0.164 e. The molecule has 0 radical (unpaired) electrons. The summed E-state index contributed by atoms with van der Waals surface area (Å²) in [6.07, 6.45) is 0. The van der Waals surface area contributed by atoms with Crippen LogP contribution in [-0.2, 0) is 0 Å². The maximum atomic E-state index is 6.55. The molecule has 0 atom stereocenters. The van der Waals surface area contributed by atoms with Crippen LogP contribution in [0.25, 0.3) is 111 Å². The first kappa shape index (κ1) is 30.3. The van der Waals surface area contributed by atoms with Crippen molar-refractivity contribution in [2.45, 2.75) is 0 Å². The number of benzene rings is 8. The van der Waals surface area contributed by atoms with Gasteiger partial charge >= 0.3 is 0 Å². The third-order valence-electron chi connectivity index (χ3n) is 10.3. The van der Waals surface area contributed by atoms with Crippen molar-refractivity contribution in [3.05, 3.63) is 176 Å². The molecule has 5 heteroatoms. The van der Waals surface area contributed by atoms with E-state index in [2.05, 4.69) is 121 Å². The second kappa shape index (κ2) is 12.1. The molecule has 0 unspecified atom stereocenters. The van der Waals surface area contributed by atoms with E-state index in [-0.39, 0.29) is 0 Å². The van der Waals surface area contributed by atoms with Crippen molar-refractivity contribution >= 4 is 54.6 Å². The minimum absolute atomic E-state index is 0.568. The van der Waals surface area contributed by atoms with Crippen LogP contribution in [0.15, 0.2) is 185 Å². The molecule has 0 aliphatic carbocycles. The van der Waals surface area contributed by atoms with Crippen molar-refractivity contribution in [2.75, 3.05) is 0 Å². The normalized spacial score (nSPS) is 11.7. The Balaban J connectivity index is 1.16. The summed E-state index contributed by atoms with van der Waals surface area (Å²) in [5, 5.41) is 6.41. The summed E-state index contributed by atoms with van der Waals surface area (Å²) in [7, 11) is 0. The first-order valence-corrected chi connectivity index (χ1v) is 18.0. The van der Waals surface area contributed by atoms with Gasteiger partial charge in [0.1, 0.15) is 22.3 Å². The van der Waals surface area contributed by atoms with Gasteiger partial charge in [-0.05, 0) is 81.6 Å². The van der Waals surface area contributed by atoms with Gasteiger partial charge in [-0.2, -0.15) is 0 Å². The molecule has 3 aromatic heterocycles. The van der Waals surface area contributed by atoms with E-state index in [0.29, 0.717) is 17.5 Å². The van der Waals surface area contributed by atoms with Crippen molar-refractivity contribution in [1.82, 2.24) is 15.0 Å². The molecule has 0 bridgehead atoms. The maximum Gasteiger partial charge on any atom is 0.164 e.